The summed E-state index contributed by atoms with van der Waals surface area (Å²) in [5.41, 5.74) is 8.98. The molecule has 0 unspecified atom stereocenters. The number of fused-ring (bicyclic) bond motifs is 1. The Bertz CT molecular complexity index is 550. The number of rotatable bonds is 4. The van der Waals surface area contributed by atoms with E-state index in [0.717, 1.165) is 36.3 Å². The van der Waals surface area contributed by atoms with Crippen LogP contribution in [0.4, 0.5) is 5.69 Å². The van der Waals surface area contributed by atoms with E-state index in [-0.39, 0.29) is 5.54 Å². The Morgan fingerprint density at radius 3 is 2.44 bits per heavy atom. The molecule has 0 atom stereocenters. The Balaban J connectivity index is 2.75. The maximum atomic E-state index is 5.85. The number of nitrogens with two attached hydrogens (primary N) is 1. The molecule has 0 bridgehead atoms. The molecule has 0 amide bonds. The number of anilines is 1. The van der Waals surface area contributed by atoms with Crippen molar-refractivity contribution in [1.82, 2.24) is 9.55 Å². The molecular weight excluding hydrogens is 222 g/mol. The first kappa shape index (κ1) is 12.9. The van der Waals surface area contributed by atoms with Gasteiger partial charge in [0.25, 0.3) is 0 Å². The van der Waals surface area contributed by atoms with E-state index in [1.807, 2.05) is 12.1 Å². The summed E-state index contributed by atoms with van der Waals surface area (Å²) in [5, 5.41) is 0. The first-order valence-corrected chi connectivity index (χ1v) is 6.83. The summed E-state index contributed by atoms with van der Waals surface area (Å²) in [5.74, 6) is 1.15. The molecule has 3 heteroatoms. The van der Waals surface area contributed by atoms with Gasteiger partial charge in [-0.15, -0.1) is 0 Å². The van der Waals surface area contributed by atoms with Gasteiger partial charge in [0.05, 0.1) is 11.0 Å². The maximum Gasteiger partial charge on any atom is 0.110 e. The zero-order chi connectivity index (χ0) is 13.3. The van der Waals surface area contributed by atoms with Crippen LogP contribution in [0.1, 0.15) is 46.4 Å². The third kappa shape index (κ3) is 1.88. The Morgan fingerprint density at radius 1 is 1.22 bits per heavy atom. The van der Waals surface area contributed by atoms with Crippen molar-refractivity contribution >= 4 is 16.7 Å². The molecule has 0 aliphatic rings. The largest absolute Gasteiger partial charge is 0.399 e. The zero-order valence-electron chi connectivity index (χ0n) is 11.8. The molecule has 98 valence electrons. The van der Waals surface area contributed by atoms with E-state index in [1.165, 1.54) is 5.52 Å². The number of hydrogen-bond donors (Lipinski definition) is 1. The second kappa shape index (κ2) is 4.63. The minimum absolute atomic E-state index is 0.135. The van der Waals surface area contributed by atoms with Crippen molar-refractivity contribution < 1.29 is 0 Å². The van der Waals surface area contributed by atoms with Crippen molar-refractivity contribution in [3.8, 4) is 0 Å². The second-order valence-corrected chi connectivity index (χ2v) is 5.17. The van der Waals surface area contributed by atoms with Crippen LogP contribution in [0.2, 0.25) is 0 Å². The third-order valence-corrected chi connectivity index (χ3v) is 4.13. The van der Waals surface area contributed by atoms with E-state index in [2.05, 4.69) is 38.3 Å². The minimum Gasteiger partial charge on any atom is -0.399 e. The summed E-state index contributed by atoms with van der Waals surface area (Å²) in [6, 6.07) is 6.03. The lowest BCUT2D eigenvalue weighted by Crippen LogP contribution is -2.30. The summed E-state index contributed by atoms with van der Waals surface area (Å²) < 4.78 is 2.40. The smallest absolute Gasteiger partial charge is 0.110 e. The molecule has 0 aliphatic heterocycles. The van der Waals surface area contributed by atoms with Gasteiger partial charge >= 0.3 is 0 Å². The van der Waals surface area contributed by atoms with E-state index in [9.17, 15) is 0 Å². The Kier molecular flexibility index (Phi) is 3.33. The van der Waals surface area contributed by atoms with Gasteiger partial charge in [0.2, 0.25) is 0 Å². The molecular formula is C15H23N3. The van der Waals surface area contributed by atoms with Crippen molar-refractivity contribution in [2.75, 3.05) is 5.73 Å². The van der Waals surface area contributed by atoms with Gasteiger partial charge in [0, 0.05) is 17.6 Å². The first-order chi connectivity index (χ1) is 8.55. The van der Waals surface area contributed by atoms with E-state index in [0.29, 0.717) is 0 Å². The SMILES string of the molecule is CCc1nc2cc(N)ccc2n1C(C)(CC)CC. The lowest BCUT2D eigenvalue weighted by Gasteiger charge is -2.31. The fourth-order valence-electron chi connectivity index (χ4n) is 2.55. The van der Waals surface area contributed by atoms with Crippen LogP contribution >= 0.6 is 0 Å². The average Bonchev–Trinajstić information content (AvgIpc) is 2.75. The molecule has 1 aromatic heterocycles. The molecule has 0 spiro atoms. The average molecular weight is 245 g/mol. The molecule has 2 rings (SSSR count). The van der Waals surface area contributed by atoms with Gasteiger partial charge in [-0.1, -0.05) is 20.8 Å². The minimum atomic E-state index is 0.135. The highest BCUT2D eigenvalue weighted by molar-refractivity contribution is 5.80. The lowest BCUT2D eigenvalue weighted by atomic mass is 9.94. The maximum absolute atomic E-state index is 5.85. The topological polar surface area (TPSA) is 43.8 Å². The number of benzene rings is 1. The normalized spacial score (nSPS) is 12.2. The summed E-state index contributed by atoms with van der Waals surface area (Å²) >= 11 is 0. The van der Waals surface area contributed by atoms with Crippen LogP contribution < -0.4 is 5.73 Å². The summed E-state index contributed by atoms with van der Waals surface area (Å²) in [4.78, 5) is 4.74. The first-order valence-electron chi connectivity index (χ1n) is 6.83. The van der Waals surface area contributed by atoms with Crippen LogP contribution in [0.5, 0.6) is 0 Å². The molecule has 0 aliphatic carbocycles. The molecule has 0 radical (unpaired) electrons. The predicted molar refractivity (Wildman–Crippen MR) is 77.8 cm³/mol. The highest BCUT2D eigenvalue weighted by atomic mass is 15.1. The van der Waals surface area contributed by atoms with Gasteiger partial charge in [-0.05, 0) is 38.0 Å². The Labute approximate surface area is 109 Å². The number of imidazole rings is 1. The van der Waals surface area contributed by atoms with Crippen LogP contribution in [0.25, 0.3) is 11.0 Å². The molecule has 0 saturated heterocycles. The molecule has 2 aromatic rings. The predicted octanol–water partition coefficient (Wildman–Crippen LogP) is 3.72. The summed E-state index contributed by atoms with van der Waals surface area (Å²) in [6.07, 6.45) is 3.16. The van der Waals surface area contributed by atoms with Crippen LogP contribution in [0.15, 0.2) is 18.2 Å². The molecule has 1 aromatic carbocycles. The summed E-state index contributed by atoms with van der Waals surface area (Å²) in [6.45, 7) is 8.95. The molecule has 0 fully saturated rings. The van der Waals surface area contributed by atoms with Gasteiger partial charge in [-0.2, -0.15) is 0 Å². The Morgan fingerprint density at radius 2 is 1.89 bits per heavy atom. The van der Waals surface area contributed by atoms with Crippen molar-refractivity contribution in [2.24, 2.45) is 0 Å². The number of aryl methyl sites for hydroxylation is 1. The van der Waals surface area contributed by atoms with Crippen LogP contribution in [-0.4, -0.2) is 9.55 Å². The van der Waals surface area contributed by atoms with Gasteiger partial charge in [0.1, 0.15) is 5.82 Å². The van der Waals surface area contributed by atoms with Crippen molar-refractivity contribution in [2.45, 2.75) is 52.5 Å². The highest BCUT2D eigenvalue weighted by Gasteiger charge is 2.26. The molecule has 1 heterocycles. The van der Waals surface area contributed by atoms with E-state index in [4.69, 9.17) is 10.7 Å². The third-order valence-electron chi connectivity index (χ3n) is 4.13. The quantitative estimate of drug-likeness (QED) is 0.834. The molecule has 3 nitrogen and oxygen atoms in total. The van der Waals surface area contributed by atoms with Crippen molar-refractivity contribution in [1.29, 1.82) is 0 Å². The van der Waals surface area contributed by atoms with Crippen LogP contribution in [-0.2, 0) is 12.0 Å². The molecule has 2 N–H and O–H groups in total. The second-order valence-electron chi connectivity index (χ2n) is 5.17. The number of nitrogen functional groups attached to an aromatic ring is 1. The van der Waals surface area contributed by atoms with Crippen molar-refractivity contribution in [3.63, 3.8) is 0 Å². The number of hydrogen-bond acceptors (Lipinski definition) is 2. The highest BCUT2D eigenvalue weighted by Crippen LogP contribution is 2.31. The standard InChI is InChI=1S/C15H23N3/c1-5-14-17-12-10-11(16)8-9-13(12)18(14)15(4,6-2)7-3/h8-10H,5-7,16H2,1-4H3. The van der Waals surface area contributed by atoms with E-state index >= 15 is 0 Å². The number of aromatic nitrogens is 2. The fraction of sp³-hybridized carbons (Fsp3) is 0.533. The summed E-state index contributed by atoms with van der Waals surface area (Å²) in [7, 11) is 0. The zero-order valence-corrected chi connectivity index (χ0v) is 11.8. The van der Waals surface area contributed by atoms with Gasteiger partial charge in [0.15, 0.2) is 0 Å². The Hall–Kier alpha value is -1.51. The van der Waals surface area contributed by atoms with E-state index < -0.39 is 0 Å². The fourth-order valence-corrected chi connectivity index (χ4v) is 2.55. The van der Waals surface area contributed by atoms with Crippen LogP contribution in [0.3, 0.4) is 0 Å². The number of nitrogens with zero attached hydrogens (tertiary/aromatic N) is 2. The van der Waals surface area contributed by atoms with Crippen LogP contribution in [0, 0.1) is 0 Å². The monoisotopic (exact) mass is 245 g/mol. The van der Waals surface area contributed by atoms with Gasteiger partial charge < -0.3 is 10.3 Å². The molecule has 0 saturated carbocycles. The molecule has 18 heavy (non-hydrogen) atoms. The lowest BCUT2D eigenvalue weighted by molar-refractivity contribution is 0.294. The van der Waals surface area contributed by atoms with Crippen molar-refractivity contribution in [3.05, 3.63) is 24.0 Å². The van der Waals surface area contributed by atoms with Gasteiger partial charge in [-0.25, -0.2) is 4.98 Å². The van der Waals surface area contributed by atoms with Gasteiger partial charge in [-0.3, -0.25) is 0 Å². The van der Waals surface area contributed by atoms with E-state index in [1.54, 1.807) is 0 Å².